The quantitative estimate of drug-likeness (QED) is 0.918. The molecule has 106 valence electrons. The average molecular weight is 275 g/mol. The zero-order valence-electron chi connectivity index (χ0n) is 11.4. The van der Waals surface area contributed by atoms with Crippen LogP contribution in [0.1, 0.15) is 17.3 Å². The first-order valence-electron chi connectivity index (χ1n) is 6.78. The van der Waals surface area contributed by atoms with Gasteiger partial charge in [0, 0.05) is 26.2 Å². The molecule has 1 aliphatic heterocycles. The maximum absolute atomic E-state index is 10.9. The normalized spacial score (nSPS) is 16.8. The highest BCUT2D eigenvalue weighted by molar-refractivity contribution is 5.92. The van der Waals surface area contributed by atoms with E-state index in [1.54, 1.807) is 12.1 Å². The van der Waals surface area contributed by atoms with Gasteiger partial charge < -0.3 is 19.3 Å². The van der Waals surface area contributed by atoms with Gasteiger partial charge in [-0.2, -0.15) is 4.98 Å². The molecule has 1 N–H and O–H groups in total. The third-order valence-electron chi connectivity index (χ3n) is 3.71. The third-order valence-corrected chi connectivity index (χ3v) is 3.71. The molecule has 0 atom stereocenters. The second-order valence-electron chi connectivity index (χ2n) is 4.91. The van der Waals surface area contributed by atoms with Gasteiger partial charge >= 0.3 is 5.97 Å². The Morgan fingerprint density at radius 1 is 1.35 bits per heavy atom. The molecule has 1 aliphatic rings. The number of rotatable bonds is 3. The molecule has 6 nitrogen and oxygen atoms in total. The van der Waals surface area contributed by atoms with Gasteiger partial charge in [-0.05, 0) is 24.7 Å². The van der Waals surface area contributed by atoms with E-state index in [9.17, 15) is 4.79 Å². The van der Waals surface area contributed by atoms with Crippen molar-refractivity contribution in [1.29, 1.82) is 0 Å². The number of nitrogens with zero attached hydrogens (tertiary/aromatic N) is 3. The Morgan fingerprint density at radius 3 is 2.75 bits per heavy atom. The number of hydrogen-bond donors (Lipinski definition) is 1. The minimum atomic E-state index is -0.957. The summed E-state index contributed by atoms with van der Waals surface area (Å²) >= 11 is 0. The second-order valence-corrected chi connectivity index (χ2v) is 4.91. The number of carboxylic acids is 1. The summed E-state index contributed by atoms with van der Waals surface area (Å²) in [6.07, 6.45) is 0. The van der Waals surface area contributed by atoms with Gasteiger partial charge in [0.25, 0.3) is 6.01 Å². The zero-order chi connectivity index (χ0) is 14.1. The molecular weight excluding hydrogens is 258 g/mol. The Balaban J connectivity index is 1.84. The number of fused-ring (bicyclic) bond motifs is 1. The van der Waals surface area contributed by atoms with E-state index < -0.39 is 5.97 Å². The van der Waals surface area contributed by atoms with Crippen molar-refractivity contribution in [3.8, 4) is 0 Å². The zero-order valence-corrected chi connectivity index (χ0v) is 11.4. The van der Waals surface area contributed by atoms with E-state index in [-0.39, 0.29) is 5.56 Å². The molecule has 0 amide bonds. The van der Waals surface area contributed by atoms with Gasteiger partial charge in [0.05, 0.1) is 5.56 Å². The van der Waals surface area contributed by atoms with E-state index >= 15 is 0 Å². The number of aromatic carboxylic acids is 1. The van der Waals surface area contributed by atoms with Crippen molar-refractivity contribution in [3.05, 3.63) is 23.8 Å². The lowest BCUT2D eigenvalue weighted by Crippen LogP contribution is -2.46. The average Bonchev–Trinajstić information content (AvgIpc) is 2.90. The van der Waals surface area contributed by atoms with Crippen LogP contribution in [0.5, 0.6) is 0 Å². The van der Waals surface area contributed by atoms with Crippen LogP contribution in [0.3, 0.4) is 0 Å². The molecule has 0 aliphatic carbocycles. The van der Waals surface area contributed by atoms with Crippen molar-refractivity contribution in [2.45, 2.75) is 6.92 Å². The van der Waals surface area contributed by atoms with Crippen LogP contribution in [0.15, 0.2) is 22.6 Å². The Labute approximate surface area is 116 Å². The molecular formula is C14H17N3O3. The van der Waals surface area contributed by atoms with Crippen molar-refractivity contribution in [2.24, 2.45) is 0 Å². The van der Waals surface area contributed by atoms with E-state index in [1.165, 1.54) is 6.07 Å². The lowest BCUT2D eigenvalue weighted by molar-refractivity contribution is 0.0697. The summed E-state index contributed by atoms with van der Waals surface area (Å²) in [7, 11) is 0. The molecule has 1 fully saturated rings. The molecule has 0 radical (unpaired) electrons. The maximum Gasteiger partial charge on any atom is 0.335 e. The summed E-state index contributed by atoms with van der Waals surface area (Å²) in [6.45, 7) is 6.97. The number of hydrogen-bond acceptors (Lipinski definition) is 5. The maximum atomic E-state index is 10.9. The van der Waals surface area contributed by atoms with Gasteiger partial charge in [0.2, 0.25) is 0 Å². The van der Waals surface area contributed by atoms with Gasteiger partial charge in [0.15, 0.2) is 5.58 Å². The van der Waals surface area contributed by atoms with Crippen LogP contribution in [-0.4, -0.2) is 53.7 Å². The van der Waals surface area contributed by atoms with Crippen molar-refractivity contribution < 1.29 is 14.3 Å². The van der Waals surface area contributed by atoms with Crippen LogP contribution in [0.2, 0.25) is 0 Å². The van der Waals surface area contributed by atoms with Crippen molar-refractivity contribution >= 4 is 23.1 Å². The SMILES string of the molecule is CCN1CCN(c2nc3ccc(C(=O)O)cc3o2)CC1. The topological polar surface area (TPSA) is 69.8 Å². The minimum Gasteiger partial charge on any atom is -0.478 e. The fourth-order valence-corrected chi connectivity index (χ4v) is 2.44. The second kappa shape index (κ2) is 5.13. The summed E-state index contributed by atoms with van der Waals surface area (Å²) in [4.78, 5) is 19.9. The Kier molecular flexibility index (Phi) is 3.31. The third kappa shape index (κ3) is 2.34. The number of oxazole rings is 1. The van der Waals surface area contributed by atoms with E-state index in [0.717, 1.165) is 32.7 Å². The number of benzene rings is 1. The highest BCUT2D eigenvalue weighted by Gasteiger charge is 2.20. The van der Waals surface area contributed by atoms with E-state index in [2.05, 4.69) is 21.7 Å². The molecule has 1 saturated heterocycles. The first-order chi connectivity index (χ1) is 9.67. The van der Waals surface area contributed by atoms with Crippen molar-refractivity contribution in [3.63, 3.8) is 0 Å². The molecule has 2 aromatic rings. The molecule has 1 aromatic heterocycles. The molecule has 1 aromatic carbocycles. The van der Waals surface area contributed by atoms with Crippen LogP contribution in [0, 0.1) is 0 Å². The number of aromatic nitrogens is 1. The van der Waals surface area contributed by atoms with E-state index in [4.69, 9.17) is 9.52 Å². The molecule has 0 bridgehead atoms. The molecule has 0 spiro atoms. The van der Waals surface area contributed by atoms with Gasteiger partial charge in [0.1, 0.15) is 5.52 Å². The highest BCUT2D eigenvalue weighted by atomic mass is 16.4. The van der Waals surface area contributed by atoms with Crippen LogP contribution in [-0.2, 0) is 0 Å². The molecule has 2 heterocycles. The summed E-state index contributed by atoms with van der Waals surface area (Å²) in [5.41, 5.74) is 1.44. The summed E-state index contributed by atoms with van der Waals surface area (Å²) in [5, 5.41) is 8.98. The molecule has 0 unspecified atom stereocenters. The highest BCUT2D eigenvalue weighted by Crippen LogP contribution is 2.23. The Bertz CT molecular complexity index is 630. The number of carboxylic acid groups (broad SMARTS) is 1. The lowest BCUT2D eigenvalue weighted by atomic mass is 10.2. The summed E-state index contributed by atoms with van der Waals surface area (Å²) < 4.78 is 5.70. The van der Waals surface area contributed by atoms with Crippen LogP contribution < -0.4 is 4.90 Å². The van der Waals surface area contributed by atoms with E-state index in [0.29, 0.717) is 17.1 Å². The van der Waals surface area contributed by atoms with E-state index in [1.807, 2.05) is 0 Å². The number of likely N-dealkylation sites (N-methyl/N-ethyl adjacent to an activating group) is 1. The Morgan fingerprint density at radius 2 is 2.10 bits per heavy atom. The molecule has 3 rings (SSSR count). The molecule has 0 saturated carbocycles. The largest absolute Gasteiger partial charge is 0.478 e. The Hall–Kier alpha value is -2.08. The summed E-state index contributed by atoms with van der Waals surface area (Å²) in [5.74, 6) is -0.957. The number of piperazine rings is 1. The van der Waals surface area contributed by atoms with Gasteiger partial charge in [-0.3, -0.25) is 0 Å². The number of anilines is 1. The first-order valence-corrected chi connectivity index (χ1v) is 6.78. The van der Waals surface area contributed by atoms with Gasteiger partial charge in [-0.15, -0.1) is 0 Å². The predicted molar refractivity (Wildman–Crippen MR) is 75.3 cm³/mol. The number of carbonyl (C=O) groups is 1. The standard InChI is InChI=1S/C14H17N3O3/c1-2-16-5-7-17(8-6-16)14-15-11-4-3-10(13(18)19)9-12(11)20-14/h3-4,9H,2,5-8H2,1H3,(H,18,19). The first kappa shape index (κ1) is 12.9. The lowest BCUT2D eigenvalue weighted by Gasteiger charge is -2.32. The molecule has 20 heavy (non-hydrogen) atoms. The van der Waals surface area contributed by atoms with Crippen molar-refractivity contribution in [1.82, 2.24) is 9.88 Å². The van der Waals surface area contributed by atoms with Crippen molar-refractivity contribution in [2.75, 3.05) is 37.6 Å². The van der Waals surface area contributed by atoms with Crippen LogP contribution in [0.25, 0.3) is 11.1 Å². The van der Waals surface area contributed by atoms with Gasteiger partial charge in [-0.25, -0.2) is 4.79 Å². The van der Waals surface area contributed by atoms with Gasteiger partial charge in [-0.1, -0.05) is 6.92 Å². The fourth-order valence-electron chi connectivity index (χ4n) is 2.44. The molecule has 6 heteroatoms. The van der Waals surface area contributed by atoms with Crippen LogP contribution >= 0.6 is 0 Å². The van der Waals surface area contributed by atoms with Crippen LogP contribution in [0.4, 0.5) is 6.01 Å². The minimum absolute atomic E-state index is 0.219. The fraction of sp³-hybridized carbons (Fsp3) is 0.429. The smallest absolute Gasteiger partial charge is 0.335 e. The predicted octanol–water partition coefficient (Wildman–Crippen LogP) is 1.67. The monoisotopic (exact) mass is 275 g/mol. The summed E-state index contributed by atoms with van der Waals surface area (Å²) in [6, 6.07) is 5.34.